The number of nitrogens with zero attached hydrogens (tertiary/aromatic N) is 2. The molecule has 1 fully saturated rings. The van der Waals surface area contributed by atoms with Gasteiger partial charge in [0.15, 0.2) is 17.5 Å². The number of anilines is 1. The van der Waals surface area contributed by atoms with Gasteiger partial charge in [0.25, 0.3) is 0 Å². The van der Waals surface area contributed by atoms with Crippen molar-refractivity contribution in [3.05, 3.63) is 17.3 Å². The summed E-state index contributed by atoms with van der Waals surface area (Å²) < 4.78 is 19.6. The van der Waals surface area contributed by atoms with Crippen LogP contribution in [0.1, 0.15) is 50.7 Å². The zero-order valence-electron chi connectivity index (χ0n) is 11.2. The Labute approximate surface area is 107 Å². The first kappa shape index (κ1) is 13.2. The Morgan fingerprint density at radius 2 is 2.17 bits per heavy atom. The van der Waals surface area contributed by atoms with E-state index < -0.39 is 0 Å². The number of aromatic nitrogens is 2. The van der Waals surface area contributed by atoms with Crippen molar-refractivity contribution >= 4 is 5.82 Å². The molecule has 1 aromatic heterocycles. The predicted octanol–water partition coefficient (Wildman–Crippen LogP) is 2.99. The summed E-state index contributed by atoms with van der Waals surface area (Å²) in [4.78, 5) is 8.47. The molecule has 0 saturated carbocycles. The Hall–Kier alpha value is -1.23. The van der Waals surface area contributed by atoms with E-state index in [9.17, 15) is 4.39 Å². The Bertz CT molecular complexity index is 425. The van der Waals surface area contributed by atoms with Crippen molar-refractivity contribution in [2.75, 3.05) is 11.9 Å². The monoisotopic (exact) mass is 253 g/mol. The summed E-state index contributed by atoms with van der Waals surface area (Å²) in [6.45, 7) is 6.43. The van der Waals surface area contributed by atoms with Crippen molar-refractivity contribution in [3.63, 3.8) is 0 Å². The van der Waals surface area contributed by atoms with Crippen LogP contribution in [0, 0.1) is 12.7 Å². The van der Waals surface area contributed by atoms with Crippen LogP contribution < -0.4 is 5.32 Å². The van der Waals surface area contributed by atoms with Crippen LogP contribution in [-0.4, -0.2) is 22.6 Å². The number of nitrogens with one attached hydrogen (secondary N) is 1. The van der Waals surface area contributed by atoms with E-state index in [-0.39, 0.29) is 18.0 Å². The van der Waals surface area contributed by atoms with Crippen molar-refractivity contribution in [1.82, 2.24) is 9.97 Å². The quantitative estimate of drug-likeness (QED) is 0.896. The van der Waals surface area contributed by atoms with Crippen LogP contribution in [0.4, 0.5) is 10.2 Å². The standard InChI is InChI=1S/C13H20FN3O/c1-4-7-15-13-11(14)9(3)16-12(17-13)10-6-5-8(2)18-10/h8,10H,4-7H2,1-3H3,(H,15,16,17). The van der Waals surface area contributed by atoms with Gasteiger partial charge in [-0.05, 0) is 33.1 Å². The molecule has 18 heavy (non-hydrogen) atoms. The zero-order chi connectivity index (χ0) is 13.1. The van der Waals surface area contributed by atoms with Gasteiger partial charge in [0.1, 0.15) is 6.10 Å². The molecule has 0 amide bonds. The molecule has 0 radical (unpaired) electrons. The average molecular weight is 253 g/mol. The summed E-state index contributed by atoms with van der Waals surface area (Å²) in [6, 6.07) is 0. The van der Waals surface area contributed by atoms with E-state index in [4.69, 9.17) is 4.74 Å². The minimum absolute atomic E-state index is 0.0959. The fourth-order valence-corrected chi connectivity index (χ4v) is 2.08. The zero-order valence-corrected chi connectivity index (χ0v) is 11.2. The van der Waals surface area contributed by atoms with Gasteiger partial charge in [-0.2, -0.15) is 0 Å². The lowest BCUT2D eigenvalue weighted by atomic mass is 10.2. The smallest absolute Gasteiger partial charge is 0.186 e. The highest BCUT2D eigenvalue weighted by atomic mass is 19.1. The van der Waals surface area contributed by atoms with Crippen LogP contribution in [0.2, 0.25) is 0 Å². The van der Waals surface area contributed by atoms with Gasteiger partial charge < -0.3 is 10.1 Å². The third kappa shape index (κ3) is 2.77. The highest BCUT2D eigenvalue weighted by Gasteiger charge is 2.27. The second-order valence-electron chi connectivity index (χ2n) is 4.77. The molecule has 4 nitrogen and oxygen atoms in total. The topological polar surface area (TPSA) is 47.0 Å². The first-order chi connectivity index (χ1) is 8.61. The molecule has 0 aromatic carbocycles. The highest BCUT2D eigenvalue weighted by molar-refractivity contribution is 5.38. The van der Waals surface area contributed by atoms with Crippen LogP contribution in [0.15, 0.2) is 0 Å². The maximum atomic E-state index is 13.8. The van der Waals surface area contributed by atoms with Crippen molar-refractivity contribution in [3.8, 4) is 0 Å². The maximum Gasteiger partial charge on any atom is 0.186 e. The lowest BCUT2D eigenvalue weighted by Crippen LogP contribution is -2.12. The molecule has 1 aromatic rings. The van der Waals surface area contributed by atoms with Gasteiger partial charge in [0.2, 0.25) is 0 Å². The Morgan fingerprint density at radius 3 is 2.78 bits per heavy atom. The first-order valence-electron chi connectivity index (χ1n) is 6.55. The van der Waals surface area contributed by atoms with Gasteiger partial charge >= 0.3 is 0 Å². The first-order valence-corrected chi connectivity index (χ1v) is 6.55. The van der Waals surface area contributed by atoms with Crippen molar-refractivity contribution in [2.45, 2.75) is 52.2 Å². The second kappa shape index (κ2) is 5.61. The third-order valence-electron chi connectivity index (χ3n) is 3.10. The summed E-state index contributed by atoms with van der Waals surface area (Å²) in [5.41, 5.74) is 0.377. The van der Waals surface area contributed by atoms with Gasteiger partial charge in [-0.15, -0.1) is 0 Å². The molecule has 1 aliphatic rings. The number of aryl methyl sites for hydroxylation is 1. The molecule has 0 aliphatic carbocycles. The lowest BCUT2D eigenvalue weighted by Gasteiger charge is -2.13. The van der Waals surface area contributed by atoms with Crippen molar-refractivity contribution in [1.29, 1.82) is 0 Å². The Morgan fingerprint density at radius 1 is 1.39 bits per heavy atom. The molecule has 2 atom stereocenters. The van der Waals surface area contributed by atoms with Gasteiger partial charge in [0, 0.05) is 6.54 Å². The molecule has 1 N–H and O–H groups in total. The predicted molar refractivity (Wildman–Crippen MR) is 68.0 cm³/mol. The van der Waals surface area contributed by atoms with Crippen LogP contribution in [0.5, 0.6) is 0 Å². The fourth-order valence-electron chi connectivity index (χ4n) is 2.08. The Balaban J connectivity index is 2.23. The van der Waals surface area contributed by atoms with Gasteiger partial charge in [-0.25, -0.2) is 14.4 Å². The largest absolute Gasteiger partial charge is 0.368 e. The van der Waals surface area contributed by atoms with E-state index in [1.165, 1.54) is 0 Å². The average Bonchev–Trinajstić information content (AvgIpc) is 2.77. The molecule has 1 saturated heterocycles. The summed E-state index contributed by atoms with van der Waals surface area (Å²) in [6.07, 6.45) is 2.97. The van der Waals surface area contributed by atoms with E-state index in [2.05, 4.69) is 15.3 Å². The number of halogens is 1. The van der Waals surface area contributed by atoms with E-state index >= 15 is 0 Å². The minimum atomic E-state index is -0.363. The number of rotatable bonds is 4. The molecule has 0 bridgehead atoms. The molecule has 2 heterocycles. The van der Waals surface area contributed by atoms with Crippen LogP contribution in [0.25, 0.3) is 0 Å². The maximum absolute atomic E-state index is 13.8. The van der Waals surface area contributed by atoms with E-state index in [0.717, 1.165) is 19.3 Å². The number of hydrogen-bond donors (Lipinski definition) is 1. The molecule has 2 rings (SSSR count). The summed E-state index contributed by atoms with van der Waals surface area (Å²) in [7, 11) is 0. The number of ether oxygens (including phenoxy) is 1. The highest BCUT2D eigenvalue weighted by Crippen LogP contribution is 2.31. The normalized spacial score (nSPS) is 23.3. The Kier molecular flexibility index (Phi) is 4.11. The number of hydrogen-bond acceptors (Lipinski definition) is 4. The van der Waals surface area contributed by atoms with Crippen LogP contribution in [0.3, 0.4) is 0 Å². The summed E-state index contributed by atoms with van der Waals surface area (Å²) in [5.74, 6) is 0.526. The van der Waals surface area contributed by atoms with Gasteiger partial charge in [-0.3, -0.25) is 0 Å². The van der Waals surface area contributed by atoms with Crippen LogP contribution in [-0.2, 0) is 4.74 Å². The van der Waals surface area contributed by atoms with Crippen molar-refractivity contribution < 1.29 is 9.13 Å². The molecule has 2 unspecified atom stereocenters. The molecule has 1 aliphatic heterocycles. The van der Waals surface area contributed by atoms with Gasteiger partial charge in [0.05, 0.1) is 11.8 Å². The van der Waals surface area contributed by atoms with Gasteiger partial charge in [-0.1, -0.05) is 6.92 Å². The van der Waals surface area contributed by atoms with E-state index in [1.54, 1.807) is 6.92 Å². The summed E-state index contributed by atoms with van der Waals surface area (Å²) in [5, 5.41) is 3.00. The molecule has 5 heteroatoms. The fraction of sp³-hybridized carbons (Fsp3) is 0.692. The second-order valence-corrected chi connectivity index (χ2v) is 4.77. The lowest BCUT2D eigenvalue weighted by molar-refractivity contribution is 0.0501. The van der Waals surface area contributed by atoms with E-state index in [0.29, 0.717) is 23.9 Å². The van der Waals surface area contributed by atoms with E-state index in [1.807, 2.05) is 13.8 Å². The summed E-state index contributed by atoms with van der Waals surface area (Å²) >= 11 is 0. The molecular weight excluding hydrogens is 233 g/mol. The molecule has 100 valence electrons. The third-order valence-corrected chi connectivity index (χ3v) is 3.10. The van der Waals surface area contributed by atoms with Crippen molar-refractivity contribution in [2.24, 2.45) is 0 Å². The molecule has 0 spiro atoms. The minimum Gasteiger partial charge on any atom is -0.368 e. The molecular formula is C13H20FN3O. The SMILES string of the molecule is CCCNc1nc(C2CCC(C)O2)nc(C)c1F. The van der Waals surface area contributed by atoms with Crippen LogP contribution >= 0.6 is 0 Å².